The van der Waals surface area contributed by atoms with Crippen LogP contribution in [0.5, 0.6) is 0 Å². The Morgan fingerprint density at radius 2 is 1.93 bits per heavy atom. The summed E-state index contributed by atoms with van der Waals surface area (Å²) in [5, 5.41) is 9.83. The molecule has 1 atom stereocenters. The van der Waals surface area contributed by atoms with Gasteiger partial charge in [-0.05, 0) is 31.3 Å². The zero-order chi connectivity index (χ0) is 10.6. The summed E-state index contributed by atoms with van der Waals surface area (Å²) in [6.07, 6.45) is -0.430. The average molecular weight is 194 g/mol. The number of hydrogen-bond acceptors (Lipinski definition) is 3. The van der Waals surface area contributed by atoms with Crippen LogP contribution in [0.4, 0.5) is 5.69 Å². The molecular weight excluding hydrogens is 176 g/mol. The lowest BCUT2D eigenvalue weighted by Gasteiger charge is -2.18. The molecule has 1 rings (SSSR count). The van der Waals surface area contributed by atoms with Crippen molar-refractivity contribution in [3.63, 3.8) is 0 Å². The predicted octanol–water partition coefficient (Wildman–Crippen LogP) is 1.25. The Bertz CT molecular complexity index is 271. The van der Waals surface area contributed by atoms with Crippen molar-refractivity contribution in [1.29, 1.82) is 0 Å². The number of anilines is 1. The van der Waals surface area contributed by atoms with Crippen molar-refractivity contribution in [2.24, 2.45) is 0 Å². The van der Waals surface area contributed by atoms with Crippen LogP contribution in [0.15, 0.2) is 24.3 Å². The van der Waals surface area contributed by atoms with Crippen LogP contribution < -0.4 is 5.73 Å². The van der Waals surface area contributed by atoms with Gasteiger partial charge >= 0.3 is 0 Å². The summed E-state index contributed by atoms with van der Waals surface area (Å²) in [4.78, 5) is 2.07. The van der Waals surface area contributed by atoms with Gasteiger partial charge in [0.2, 0.25) is 0 Å². The first-order valence-corrected chi connectivity index (χ1v) is 4.85. The fraction of sp³-hybridized carbons (Fsp3) is 0.455. The number of benzene rings is 1. The molecular formula is C11H18N2O. The van der Waals surface area contributed by atoms with Gasteiger partial charge in [-0.25, -0.2) is 0 Å². The minimum atomic E-state index is -0.430. The van der Waals surface area contributed by atoms with Crippen LogP contribution in [0.3, 0.4) is 0 Å². The Kier molecular flexibility index (Phi) is 3.92. The molecule has 0 unspecified atom stereocenters. The van der Waals surface area contributed by atoms with Crippen LogP contribution in [-0.2, 0) is 0 Å². The highest BCUT2D eigenvalue weighted by Gasteiger charge is 2.08. The largest absolute Gasteiger partial charge is 0.399 e. The molecule has 0 aliphatic heterocycles. The van der Waals surface area contributed by atoms with Crippen LogP contribution in [0, 0.1) is 0 Å². The zero-order valence-corrected chi connectivity index (χ0v) is 8.77. The Morgan fingerprint density at radius 1 is 1.36 bits per heavy atom. The van der Waals surface area contributed by atoms with Crippen molar-refractivity contribution in [2.75, 3.05) is 25.9 Å². The predicted molar refractivity (Wildman–Crippen MR) is 59.0 cm³/mol. The van der Waals surface area contributed by atoms with Gasteiger partial charge in [-0.3, -0.25) is 0 Å². The molecule has 3 nitrogen and oxygen atoms in total. The summed E-state index contributed by atoms with van der Waals surface area (Å²) in [6.45, 7) is 3.65. The number of hydrogen-bond donors (Lipinski definition) is 2. The van der Waals surface area contributed by atoms with E-state index < -0.39 is 6.10 Å². The topological polar surface area (TPSA) is 49.5 Å². The maximum Gasteiger partial charge on any atom is 0.0916 e. The van der Waals surface area contributed by atoms with Gasteiger partial charge in [-0.1, -0.05) is 19.1 Å². The zero-order valence-electron chi connectivity index (χ0n) is 8.77. The molecule has 0 radical (unpaired) electrons. The van der Waals surface area contributed by atoms with E-state index >= 15 is 0 Å². The number of rotatable bonds is 4. The van der Waals surface area contributed by atoms with Gasteiger partial charge in [0, 0.05) is 12.2 Å². The summed E-state index contributed by atoms with van der Waals surface area (Å²) < 4.78 is 0. The molecule has 0 aliphatic rings. The third kappa shape index (κ3) is 3.01. The van der Waals surface area contributed by atoms with Gasteiger partial charge < -0.3 is 15.7 Å². The second-order valence-electron chi connectivity index (χ2n) is 3.54. The number of likely N-dealkylation sites (N-methyl/N-ethyl adjacent to an activating group) is 1. The average Bonchev–Trinajstić information content (AvgIpc) is 2.18. The van der Waals surface area contributed by atoms with Crippen molar-refractivity contribution in [1.82, 2.24) is 4.90 Å². The summed E-state index contributed by atoms with van der Waals surface area (Å²) in [5.74, 6) is 0. The summed E-state index contributed by atoms with van der Waals surface area (Å²) in [6, 6.07) is 7.35. The lowest BCUT2D eigenvalue weighted by Crippen LogP contribution is -2.24. The van der Waals surface area contributed by atoms with Crippen LogP contribution in [0.25, 0.3) is 0 Å². The lowest BCUT2D eigenvalue weighted by atomic mass is 10.1. The van der Waals surface area contributed by atoms with Crippen molar-refractivity contribution in [3.8, 4) is 0 Å². The molecule has 3 heteroatoms. The van der Waals surface area contributed by atoms with E-state index in [2.05, 4.69) is 11.8 Å². The van der Waals surface area contributed by atoms with E-state index in [1.54, 1.807) is 0 Å². The van der Waals surface area contributed by atoms with Gasteiger partial charge in [0.15, 0.2) is 0 Å². The highest BCUT2D eigenvalue weighted by molar-refractivity contribution is 5.39. The standard InChI is InChI=1S/C11H18N2O/c1-3-13(2)8-11(14)9-4-6-10(12)7-5-9/h4-7,11,14H,3,8,12H2,1-2H3/t11-/m1/s1. The highest BCUT2D eigenvalue weighted by atomic mass is 16.3. The smallest absolute Gasteiger partial charge is 0.0916 e. The number of nitrogens with two attached hydrogens (primary N) is 1. The maximum atomic E-state index is 9.83. The molecule has 0 amide bonds. The van der Waals surface area contributed by atoms with Gasteiger partial charge in [-0.2, -0.15) is 0 Å². The Labute approximate surface area is 85.2 Å². The van der Waals surface area contributed by atoms with E-state index in [0.717, 1.165) is 17.8 Å². The van der Waals surface area contributed by atoms with Crippen molar-refractivity contribution < 1.29 is 5.11 Å². The molecule has 0 bridgehead atoms. The normalized spacial score (nSPS) is 13.1. The number of nitrogen functional groups attached to an aromatic ring is 1. The van der Waals surface area contributed by atoms with Gasteiger partial charge in [0.25, 0.3) is 0 Å². The second-order valence-corrected chi connectivity index (χ2v) is 3.54. The SMILES string of the molecule is CCN(C)C[C@@H](O)c1ccc(N)cc1. The summed E-state index contributed by atoms with van der Waals surface area (Å²) in [7, 11) is 1.99. The first kappa shape index (κ1) is 11.0. The lowest BCUT2D eigenvalue weighted by molar-refractivity contribution is 0.129. The molecule has 1 aromatic carbocycles. The monoisotopic (exact) mass is 194 g/mol. The van der Waals surface area contributed by atoms with E-state index in [1.807, 2.05) is 31.3 Å². The Hall–Kier alpha value is -1.06. The third-order valence-corrected chi connectivity index (χ3v) is 2.35. The Morgan fingerprint density at radius 3 is 2.43 bits per heavy atom. The molecule has 3 N–H and O–H groups in total. The van der Waals surface area contributed by atoms with Gasteiger partial charge in [-0.15, -0.1) is 0 Å². The maximum absolute atomic E-state index is 9.83. The second kappa shape index (κ2) is 4.98. The first-order valence-electron chi connectivity index (χ1n) is 4.85. The van der Waals surface area contributed by atoms with Crippen molar-refractivity contribution >= 4 is 5.69 Å². The van der Waals surface area contributed by atoms with E-state index in [1.165, 1.54) is 0 Å². The quantitative estimate of drug-likeness (QED) is 0.709. The van der Waals surface area contributed by atoms with Crippen LogP contribution >= 0.6 is 0 Å². The van der Waals surface area contributed by atoms with Crippen LogP contribution in [-0.4, -0.2) is 30.1 Å². The van der Waals surface area contributed by atoms with Crippen molar-refractivity contribution in [2.45, 2.75) is 13.0 Å². The number of aliphatic hydroxyl groups excluding tert-OH is 1. The van der Waals surface area contributed by atoms with E-state index in [4.69, 9.17) is 5.73 Å². The molecule has 0 spiro atoms. The molecule has 1 aromatic rings. The van der Waals surface area contributed by atoms with Crippen LogP contribution in [0.2, 0.25) is 0 Å². The molecule has 14 heavy (non-hydrogen) atoms. The van der Waals surface area contributed by atoms with E-state index in [-0.39, 0.29) is 0 Å². The first-order chi connectivity index (χ1) is 6.63. The molecule has 78 valence electrons. The van der Waals surface area contributed by atoms with E-state index in [9.17, 15) is 5.11 Å². The highest BCUT2D eigenvalue weighted by Crippen LogP contribution is 2.15. The molecule has 0 fully saturated rings. The fourth-order valence-corrected chi connectivity index (χ4v) is 1.25. The number of nitrogens with zero attached hydrogens (tertiary/aromatic N) is 1. The minimum absolute atomic E-state index is 0.430. The number of aliphatic hydroxyl groups is 1. The minimum Gasteiger partial charge on any atom is -0.399 e. The molecule has 0 aliphatic carbocycles. The molecule has 0 saturated carbocycles. The van der Waals surface area contributed by atoms with Crippen molar-refractivity contribution in [3.05, 3.63) is 29.8 Å². The molecule has 0 saturated heterocycles. The molecule has 0 aromatic heterocycles. The summed E-state index contributed by atoms with van der Waals surface area (Å²) in [5.41, 5.74) is 7.21. The Balaban J connectivity index is 2.60. The third-order valence-electron chi connectivity index (χ3n) is 2.35. The van der Waals surface area contributed by atoms with E-state index in [0.29, 0.717) is 6.54 Å². The van der Waals surface area contributed by atoms with Crippen LogP contribution in [0.1, 0.15) is 18.6 Å². The summed E-state index contributed by atoms with van der Waals surface area (Å²) >= 11 is 0. The van der Waals surface area contributed by atoms with Gasteiger partial charge in [0.1, 0.15) is 0 Å². The fourth-order valence-electron chi connectivity index (χ4n) is 1.25. The molecule has 0 heterocycles. The van der Waals surface area contributed by atoms with Gasteiger partial charge in [0.05, 0.1) is 6.10 Å².